The zero-order valence-electron chi connectivity index (χ0n) is 25.4. The van der Waals surface area contributed by atoms with E-state index in [4.69, 9.17) is 10.5 Å². The van der Waals surface area contributed by atoms with Crippen LogP contribution in [0.4, 0.5) is 5.95 Å². The van der Waals surface area contributed by atoms with Crippen molar-refractivity contribution >= 4 is 55.3 Å². The SMILES string of the molecule is CCCCCCCCCCCCCC(=O)NCCCOc1c(Br)cc(CC(=NO)C(=O)NCCc2c[nH+]c(N)[nH]2)cc1Br. The van der Waals surface area contributed by atoms with Crippen molar-refractivity contribution in [3.8, 4) is 5.75 Å². The number of nitrogens with two attached hydrogens (primary N) is 1. The Hall–Kier alpha value is -2.60. The van der Waals surface area contributed by atoms with Crippen LogP contribution in [0.25, 0.3) is 0 Å². The minimum absolute atomic E-state index is 0.00561. The molecule has 0 spiro atoms. The standard InChI is InChI=1S/C31H48Br2N6O4/c1-2-3-4-5-6-7-8-9-10-11-12-14-28(40)35-16-13-18-43-29-25(32)19-23(20-26(29)33)21-27(39-42)30(41)36-17-15-24-22-37-31(34)38-24/h19-20,22,42H,2-18,21H2,1H3,(H,35,40)(H,36,41)(H3,34,37,38)/p+1. The lowest BCUT2D eigenvalue weighted by Gasteiger charge is -2.13. The van der Waals surface area contributed by atoms with Gasteiger partial charge >= 0.3 is 5.95 Å². The van der Waals surface area contributed by atoms with Gasteiger partial charge in [0.15, 0.2) is 0 Å². The van der Waals surface area contributed by atoms with Gasteiger partial charge in [-0.2, -0.15) is 0 Å². The van der Waals surface area contributed by atoms with Crippen LogP contribution in [0.1, 0.15) is 102 Å². The molecule has 0 aliphatic rings. The van der Waals surface area contributed by atoms with Crippen molar-refractivity contribution in [3.63, 3.8) is 0 Å². The Morgan fingerprint density at radius 3 is 2.16 bits per heavy atom. The fourth-order valence-corrected chi connectivity index (χ4v) is 6.19. The number of aromatic amines is 2. The second kappa shape index (κ2) is 22.0. The van der Waals surface area contributed by atoms with Gasteiger partial charge in [-0.25, -0.2) is 9.97 Å². The number of imidazole rings is 1. The average Bonchev–Trinajstić information content (AvgIpc) is 3.40. The van der Waals surface area contributed by atoms with E-state index < -0.39 is 5.91 Å². The van der Waals surface area contributed by atoms with Gasteiger partial charge in [0.25, 0.3) is 5.91 Å². The molecule has 43 heavy (non-hydrogen) atoms. The zero-order valence-corrected chi connectivity index (χ0v) is 28.6. The molecule has 0 bridgehead atoms. The van der Waals surface area contributed by atoms with E-state index in [0.29, 0.717) is 59.6 Å². The fraction of sp³-hybridized carbons (Fsp3) is 0.613. The van der Waals surface area contributed by atoms with Crippen molar-refractivity contribution in [1.82, 2.24) is 15.6 Å². The van der Waals surface area contributed by atoms with Gasteiger partial charge in [-0.15, -0.1) is 0 Å². The van der Waals surface area contributed by atoms with Gasteiger partial charge in [-0.05, 0) is 62.4 Å². The Morgan fingerprint density at radius 2 is 1.58 bits per heavy atom. The number of aromatic nitrogens is 2. The molecule has 0 aliphatic carbocycles. The highest BCUT2D eigenvalue weighted by molar-refractivity contribution is 9.11. The molecule has 12 heteroatoms. The second-order valence-corrected chi connectivity index (χ2v) is 12.5. The maximum Gasteiger partial charge on any atom is 0.350 e. The van der Waals surface area contributed by atoms with Gasteiger partial charge in [-0.1, -0.05) is 76.3 Å². The topological polar surface area (TPSA) is 156 Å². The Morgan fingerprint density at radius 1 is 0.953 bits per heavy atom. The minimum atomic E-state index is -0.455. The van der Waals surface area contributed by atoms with E-state index in [1.807, 2.05) is 12.1 Å². The van der Waals surface area contributed by atoms with Crippen LogP contribution in [0.15, 0.2) is 32.4 Å². The summed E-state index contributed by atoms with van der Waals surface area (Å²) in [4.78, 5) is 30.4. The number of H-pyrrole nitrogens is 2. The average molecular weight is 730 g/mol. The summed E-state index contributed by atoms with van der Waals surface area (Å²) in [7, 11) is 0. The van der Waals surface area contributed by atoms with Crippen molar-refractivity contribution in [2.24, 2.45) is 5.16 Å². The first kappa shape index (κ1) is 36.6. The normalized spacial score (nSPS) is 11.5. The van der Waals surface area contributed by atoms with Gasteiger partial charge in [0, 0.05) is 32.4 Å². The van der Waals surface area contributed by atoms with Gasteiger partial charge in [-0.3, -0.25) is 15.3 Å². The molecule has 10 nitrogen and oxygen atoms in total. The molecular weight excluding hydrogens is 680 g/mol. The minimum Gasteiger partial charge on any atom is -0.491 e. The first-order valence-corrected chi connectivity index (χ1v) is 17.1. The summed E-state index contributed by atoms with van der Waals surface area (Å²) < 4.78 is 7.34. The van der Waals surface area contributed by atoms with Crippen LogP contribution in [-0.4, -0.2) is 47.4 Å². The summed E-state index contributed by atoms with van der Waals surface area (Å²) in [5, 5.41) is 18.4. The number of carbonyl (C=O) groups excluding carboxylic acids is 2. The van der Waals surface area contributed by atoms with Gasteiger partial charge in [0.05, 0.1) is 21.7 Å². The quantitative estimate of drug-likeness (QED) is 0.0396. The van der Waals surface area contributed by atoms with Crippen LogP contribution in [0.3, 0.4) is 0 Å². The Bertz CT molecular complexity index is 1120. The molecule has 1 aromatic heterocycles. The van der Waals surface area contributed by atoms with Crippen LogP contribution in [0.5, 0.6) is 5.75 Å². The number of nitrogen functional groups attached to an aromatic ring is 1. The Labute approximate surface area is 272 Å². The first-order valence-electron chi connectivity index (χ1n) is 15.6. The molecule has 1 heterocycles. The highest BCUT2D eigenvalue weighted by Crippen LogP contribution is 2.35. The number of benzene rings is 1. The molecule has 0 saturated heterocycles. The third-order valence-electron chi connectivity index (χ3n) is 7.09. The van der Waals surface area contributed by atoms with Gasteiger partial charge in [0.2, 0.25) is 5.91 Å². The smallest absolute Gasteiger partial charge is 0.350 e. The number of rotatable bonds is 23. The second-order valence-electron chi connectivity index (χ2n) is 10.8. The molecule has 7 N–H and O–H groups in total. The van der Waals surface area contributed by atoms with Crippen LogP contribution >= 0.6 is 31.9 Å². The number of carbonyl (C=O) groups is 2. The number of anilines is 1. The monoisotopic (exact) mass is 727 g/mol. The lowest BCUT2D eigenvalue weighted by atomic mass is 10.1. The molecule has 0 unspecified atom stereocenters. The molecule has 0 saturated carbocycles. The van der Waals surface area contributed by atoms with Crippen LogP contribution < -0.4 is 26.1 Å². The molecule has 0 aliphatic heterocycles. The van der Waals surface area contributed by atoms with E-state index in [1.165, 1.54) is 57.8 Å². The van der Waals surface area contributed by atoms with E-state index in [9.17, 15) is 14.8 Å². The summed E-state index contributed by atoms with van der Waals surface area (Å²) in [5.74, 6) is 0.717. The van der Waals surface area contributed by atoms with Crippen molar-refractivity contribution in [3.05, 3.63) is 38.5 Å². The van der Waals surface area contributed by atoms with Crippen LogP contribution in [0, 0.1) is 0 Å². The first-order chi connectivity index (χ1) is 20.8. The lowest BCUT2D eigenvalue weighted by molar-refractivity contribution is -0.358. The highest BCUT2D eigenvalue weighted by atomic mass is 79.9. The Balaban J connectivity index is 1.60. The maximum absolute atomic E-state index is 12.5. The number of hydrogen-bond donors (Lipinski definition) is 5. The van der Waals surface area contributed by atoms with E-state index in [1.54, 1.807) is 6.20 Å². The molecule has 2 rings (SSSR count). The number of oxime groups is 1. The molecule has 0 atom stereocenters. The van der Waals surface area contributed by atoms with Crippen molar-refractivity contribution in [2.45, 2.75) is 103 Å². The van der Waals surface area contributed by atoms with E-state index in [-0.39, 0.29) is 18.0 Å². The summed E-state index contributed by atoms with van der Waals surface area (Å²) >= 11 is 7.06. The molecule has 1 aromatic carbocycles. The fourth-order valence-electron chi connectivity index (χ4n) is 4.68. The van der Waals surface area contributed by atoms with Crippen molar-refractivity contribution < 1.29 is 24.5 Å². The Kier molecular flexibility index (Phi) is 18.7. The summed E-state index contributed by atoms with van der Waals surface area (Å²) in [6, 6.07) is 3.65. The third kappa shape index (κ3) is 15.6. The summed E-state index contributed by atoms with van der Waals surface area (Å²) in [6.45, 7) is 3.60. The number of unbranched alkanes of at least 4 members (excludes halogenated alkanes) is 10. The molecule has 2 aromatic rings. The number of nitrogens with zero attached hydrogens (tertiary/aromatic N) is 1. The number of amides is 2. The molecule has 0 fully saturated rings. The van der Waals surface area contributed by atoms with Crippen molar-refractivity contribution in [2.75, 3.05) is 25.4 Å². The van der Waals surface area contributed by atoms with Crippen LogP contribution in [-0.2, 0) is 22.4 Å². The molecular formula is C31H49Br2N6O4+. The molecule has 240 valence electrons. The number of ether oxygens (including phenoxy) is 1. The lowest BCUT2D eigenvalue weighted by Crippen LogP contribution is -2.33. The highest BCUT2D eigenvalue weighted by Gasteiger charge is 2.16. The maximum atomic E-state index is 12.5. The summed E-state index contributed by atoms with van der Waals surface area (Å²) in [5.41, 5.74) is 7.22. The van der Waals surface area contributed by atoms with Gasteiger partial charge < -0.3 is 20.6 Å². The largest absolute Gasteiger partial charge is 0.491 e. The number of halogens is 2. The third-order valence-corrected chi connectivity index (χ3v) is 8.26. The van der Waals surface area contributed by atoms with E-state index >= 15 is 0 Å². The molecule has 2 amide bonds. The number of hydrogen-bond acceptors (Lipinski definition) is 6. The van der Waals surface area contributed by atoms with Crippen molar-refractivity contribution in [1.29, 1.82) is 0 Å². The summed E-state index contributed by atoms with van der Waals surface area (Å²) in [6.07, 6.45) is 17.6. The van der Waals surface area contributed by atoms with E-state index in [0.717, 1.165) is 24.1 Å². The zero-order chi connectivity index (χ0) is 31.3. The van der Waals surface area contributed by atoms with E-state index in [2.05, 4.69) is 64.5 Å². The number of nitrogens with one attached hydrogen (secondary N) is 4. The predicted octanol–water partition coefficient (Wildman–Crippen LogP) is 6.25. The van der Waals surface area contributed by atoms with Gasteiger partial charge in [0.1, 0.15) is 17.2 Å². The van der Waals surface area contributed by atoms with Crippen LogP contribution in [0.2, 0.25) is 0 Å². The predicted molar refractivity (Wildman–Crippen MR) is 177 cm³/mol. The molecule has 0 radical (unpaired) electrons.